The Morgan fingerprint density at radius 1 is 1.13 bits per heavy atom. The molecule has 31 heavy (non-hydrogen) atoms. The average Bonchev–Trinajstić information content (AvgIpc) is 2.74. The number of hydrogen-bond acceptors (Lipinski definition) is 4. The molecule has 1 atom stereocenters. The smallest absolute Gasteiger partial charge is 0.325 e. The van der Waals surface area contributed by atoms with E-state index in [1.54, 1.807) is 25.1 Å². The van der Waals surface area contributed by atoms with Gasteiger partial charge in [-0.15, -0.1) is 0 Å². The van der Waals surface area contributed by atoms with Crippen LogP contribution in [0.1, 0.15) is 32.4 Å². The fourth-order valence-electron chi connectivity index (χ4n) is 2.76. The molecule has 1 amide bonds. The lowest BCUT2D eigenvalue weighted by Crippen LogP contribution is -2.46. The quantitative estimate of drug-likeness (QED) is 0.470. The minimum absolute atomic E-state index is 0.0473. The summed E-state index contributed by atoms with van der Waals surface area (Å²) in [6.45, 7) is 1.79. The Hall–Kier alpha value is -2.56. The van der Waals surface area contributed by atoms with Gasteiger partial charge in [-0.2, -0.15) is 3.59 Å². The monoisotopic (exact) mass is 571 g/mol. The van der Waals surface area contributed by atoms with Crippen molar-refractivity contribution in [2.45, 2.75) is 13.1 Å². The Morgan fingerprint density at radius 2 is 1.84 bits per heavy atom. The zero-order valence-corrected chi connectivity index (χ0v) is 19.7. The van der Waals surface area contributed by atoms with Crippen LogP contribution in [0, 0.1) is 12.7 Å². The van der Waals surface area contributed by atoms with E-state index in [0.29, 0.717) is 3.59 Å². The molecule has 0 aliphatic rings. The molecule has 0 radical (unpaired) electrons. The van der Waals surface area contributed by atoms with Crippen LogP contribution in [0.3, 0.4) is 0 Å². The van der Waals surface area contributed by atoms with Crippen molar-refractivity contribution >= 4 is 55.4 Å². The number of Topliss-reactive ketones (excluding diaryl/α,β-unsaturated/α-hetero) is 1. The summed E-state index contributed by atoms with van der Waals surface area (Å²) in [5, 5.41) is 2.30. The number of carbonyl (C=O) groups excluding carboxylic acids is 2. The Labute approximate surface area is 196 Å². The van der Waals surface area contributed by atoms with E-state index in [2.05, 4.69) is 37.4 Å². The van der Waals surface area contributed by atoms with Crippen molar-refractivity contribution < 1.29 is 14.0 Å². The molecular weight excluding hydrogens is 560 g/mol. The van der Waals surface area contributed by atoms with Crippen molar-refractivity contribution in [2.75, 3.05) is 0 Å². The molecule has 0 saturated carbocycles. The van der Waals surface area contributed by atoms with Crippen molar-refractivity contribution in [3.05, 3.63) is 102 Å². The van der Waals surface area contributed by atoms with E-state index in [-0.39, 0.29) is 20.6 Å². The van der Waals surface area contributed by atoms with Crippen LogP contribution in [0.15, 0.2) is 62.7 Å². The highest BCUT2D eigenvalue weighted by atomic mass is 79.9. The van der Waals surface area contributed by atoms with E-state index in [4.69, 9.17) is 11.6 Å². The summed E-state index contributed by atoms with van der Waals surface area (Å²) in [5.41, 5.74) is -0.698. The lowest BCUT2D eigenvalue weighted by Gasteiger charge is -2.21. The summed E-state index contributed by atoms with van der Waals surface area (Å²) in [4.78, 5) is 50.7. The van der Waals surface area contributed by atoms with E-state index < -0.39 is 34.9 Å². The Bertz CT molecular complexity index is 1320. The number of halogens is 4. The number of carbonyl (C=O) groups is 2. The molecule has 0 fully saturated rings. The van der Waals surface area contributed by atoms with Gasteiger partial charge < -0.3 is 5.32 Å². The van der Waals surface area contributed by atoms with Gasteiger partial charge in [-0.25, -0.2) is 9.18 Å². The van der Waals surface area contributed by atoms with Gasteiger partial charge in [0.15, 0.2) is 6.17 Å². The first kappa shape index (κ1) is 23.1. The number of amides is 1. The van der Waals surface area contributed by atoms with Gasteiger partial charge in [0.05, 0.1) is 21.2 Å². The van der Waals surface area contributed by atoms with Crippen LogP contribution >= 0.6 is 43.7 Å². The van der Waals surface area contributed by atoms with Crippen LogP contribution in [0.25, 0.3) is 0 Å². The minimum atomic E-state index is -1.58. The topological polar surface area (TPSA) is 90.2 Å². The molecule has 0 spiro atoms. The maximum absolute atomic E-state index is 13.9. The number of aromatic nitrogens is 2. The van der Waals surface area contributed by atoms with Crippen LogP contribution < -0.4 is 16.6 Å². The van der Waals surface area contributed by atoms with E-state index in [0.717, 1.165) is 22.4 Å². The molecule has 1 unspecified atom stereocenters. The standard InChI is InChI=1S/C20H13Br2ClFN3O4/c1-10-3-2-4-12(7-10)18(29)25-17(16(28)11-5-6-14(23)15(24)8-11)26-9-13(21)19(30)27(22)20(26)31/h2-9,17H,1H3,(H,25,29). The largest absolute Gasteiger partial charge is 0.343 e. The maximum atomic E-state index is 13.9. The molecule has 3 aromatic rings. The zero-order valence-electron chi connectivity index (χ0n) is 15.7. The van der Waals surface area contributed by atoms with Gasteiger partial charge in [-0.05, 0) is 53.2 Å². The second-order valence-electron chi connectivity index (χ2n) is 6.49. The first-order chi connectivity index (χ1) is 14.6. The van der Waals surface area contributed by atoms with Gasteiger partial charge in [0.25, 0.3) is 11.5 Å². The normalized spacial score (nSPS) is 11.8. The Morgan fingerprint density at radius 3 is 2.48 bits per heavy atom. The van der Waals surface area contributed by atoms with E-state index in [1.165, 1.54) is 18.2 Å². The number of nitrogens with one attached hydrogen (secondary N) is 1. The first-order valence-electron chi connectivity index (χ1n) is 8.67. The molecule has 0 bridgehead atoms. The van der Waals surface area contributed by atoms with Crippen molar-refractivity contribution in [2.24, 2.45) is 0 Å². The number of benzene rings is 2. The lowest BCUT2D eigenvalue weighted by atomic mass is 10.1. The fraction of sp³-hybridized carbons (Fsp3) is 0.100. The number of aryl methyl sites for hydroxylation is 1. The van der Waals surface area contributed by atoms with Crippen molar-refractivity contribution in [1.29, 1.82) is 0 Å². The first-order valence-corrected chi connectivity index (χ1v) is 10.5. The summed E-state index contributed by atoms with van der Waals surface area (Å²) in [5.74, 6) is -2.28. The Balaban J connectivity index is 2.13. The highest BCUT2D eigenvalue weighted by Gasteiger charge is 2.28. The van der Waals surface area contributed by atoms with Crippen LogP contribution in [-0.4, -0.2) is 19.9 Å². The fourth-order valence-corrected chi connectivity index (χ4v) is 3.89. The molecule has 0 aliphatic carbocycles. The van der Waals surface area contributed by atoms with E-state index >= 15 is 0 Å². The van der Waals surface area contributed by atoms with E-state index in [9.17, 15) is 23.6 Å². The Kier molecular flexibility index (Phi) is 6.93. The molecule has 1 N–H and O–H groups in total. The third-order valence-electron chi connectivity index (χ3n) is 4.30. The SMILES string of the molecule is Cc1cccc(C(=O)NC(C(=O)c2ccc(Cl)c(F)c2)n2cc(Br)c(=O)n(Br)c2=O)c1. The number of ketones is 1. The molecular formula is C20H13Br2ClFN3O4. The summed E-state index contributed by atoms with van der Waals surface area (Å²) in [6, 6.07) is 9.95. The maximum Gasteiger partial charge on any atom is 0.343 e. The summed E-state index contributed by atoms with van der Waals surface area (Å²) >= 11 is 11.5. The second kappa shape index (κ2) is 9.29. The molecule has 11 heteroatoms. The third-order valence-corrected chi connectivity index (χ3v) is 5.78. The molecule has 0 saturated heterocycles. The molecule has 3 rings (SSSR count). The molecule has 0 aliphatic heterocycles. The summed E-state index contributed by atoms with van der Waals surface area (Å²) < 4.78 is 15.3. The van der Waals surface area contributed by atoms with Gasteiger partial charge in [-0.3, -0.25) is 19.0 Å². The van der Waals surface area contributed by atoms with Gasteiger partial charge in [-0.1, -0.05) is 29.3 Å². The van der Waals surface area contributed by atoms with Crippen LogP contribution in [0.2, 0.25) is 5.02 Å². The second-order valence-corrected chi connectivity index (χ2v) is 8.46. The van der Waals surface area contributed by atoms with Gasteiger partial charge in [0.2, 0.25) is 5.78 Å². The van der Waals surface area contributed by atoms with Gasteiger partial charge in [0.1, 0.15) is 10.3 Å². The molecule has 160 valence electrons. The predicted molar refractivity (Wildman–Crippen MR) is 120 cm³/mol. The van der Waals surface area contributed by atoms with Gasteiger partial charge >= 0.3 is 5.69 Å². The average molecular weight is 574 g/mol. The highest BCUT2D eigenvalue weighted by Crippen LogP contribution is 2.19. The molecule has 2 aromatic carbocycles. The molecule has 7 nitrogen and oxygen atoms in total. The number of rotatable bonds is 5. The zero-order chi connectivity index (χ0) is 22.9. The van der Waals surface area contributed by atoms with Gasteiger partial charge in [0, 0.05) is 17.3 Å². The summed E-state index contributed by atoms with van der Waals surface area (Å²) in [6.07, 6.45) is -0.505. The molecule has 1 heterocycles. The third kappa shape index (κ3) is 4.86. The van der Waals surface area contributed by atoms with Crippen LogP contribution in [-0.2, 0) is 0 Å². The number of nitrogens with zero attached hydrogens (tertiary/aromatic N) is 2. The van der Waals surface area contributed by atoms with Crippen molar-refractivity contribution in [1.82, 2.24) is 13.5 Å². The lowest BCUT2D eigenvalue weighted by molar-refractivity contribution is 0.0811. The van der Waals surface area contributed by atoms with E-state index in [1.807, 2.05) is 0 Å². The minimum Gasteiger partial charge on any atom is -0.325 e. The summed E-state index contributed by atoms with van der Waals surface area (Å²) in [7, 11) is 0. The number of hydrogen-bond donors (Lipinski definition) is 1. The predicted octanol–water partition coefficient (Wildman–Crippen LogP) is 3.84. The highest BCUT2D eigenvalue weighted by molar-refractivity contribution is 9.10. The van der Waals surface area contributed by atoms with Crippen LogP contribution in [0.4, 0.5) is 4.39 Å². The molecule has 1 aromatic heterocycles. The van der Waals surface area contributed by atoms with Crippen LogP contribution in [0.5, 0.6) is 0 Å². The van der Waals surface area contributed by atoms with Crippen molar-refractivity contribution in [3.63, 3.8) is 0 Å². The van der Waals surface area contributed by atoms with Crippen molar-refractivity contribution in [3.8, 4) is 0 Å².